The summed E-state index contributed by atoms with van der Waals surface area (Å²) in [7, 11) is 0. The molecule has 39 heavy (non-hydrogen) atoms. The molecule has 2 aliphatic rings. The molecule has 6 nitrogen and oxygen atoms in total. The van der Waals surface area contributed by atoms with Gasteiger partial charge in [0.05, 0.1) is 22.8 Å². The molecule has 0 amide bonds. The van der Waals surface area contributed by atoms with Gasteiger partial charge in [-0.3, -0.25) is 0 Å². The van der Waals surface area contributed by atoms with E-state index in [1.165, 1.54) is 5.56 Å². The Bertz CT molecular complexity index is 1710. The maximum absolute atomic E-state index is 9.74. The van der Waals surface area contributed by atoms with Crippen LogP contribution in [0.2, 0.25) is 0 Å². The van der Waals surface area contributed by atoms with E-state index < -0.39 is 0 Å². The van der Waals surface area contributed by atoms with Crippen LogP contribution >= 0.6 is 0 Å². The Morgan fingerprint density at radius 1 is 0.692 bits per heavy atom. The largest absolute Gasteiger partial charge is 2.00 e. The topological polar surface area (TPSA) is 94.4 Å². The molecule has 0 atom stereocenters. The van der Waals surface area contributed by atoms with Crippen molar-refractivity contribution in [2.45, 2.75) is 25.7 Å². The van der Waals surface area contributed by atoms with Crippen molar-refractivity contribution in [1.29, 1.82) is 0 Å². The van der Waals surface area contributed by atoms with Gasteiger partial charge in [-0.2, -0.15) is 0 Å². The molecular weight excluding hydrogens is 538 g/mol. The molecule has 4 aromatic rings. The average Bonchev–Trinajstić information content (AvgIpc) is 3.72. The number of aryl methyl sites for hydroxylation is 1. The van der Waals surface area contributed by atoms with Crippen LogP contribution in [0.5, 0.6) is 0 Å². The Balaban J connectivity index is 0.00000308. The third-order valence-corrected chi connectivity index (χ3v) is 7.01. The van der Waals surface area contributed by atoms with E-state index >= 15 is 0 Å². The van der Waals surface area contributed by atoms with E-state index in [0.29, 0.717) is 12.8 Å². The maximum atomic E-state index is 9.74. The quantitative estimate of drug-likeness (QED) is 0.250. The van der Waals surface area contributed by atoms with E-state index in [0.717, 1.165) is 61.5 Å². The Kier molecular flexibility index (Phi) is 8.03. The van der Waals surface area contributed by atoms with Crippen LogP contribution in [0.4, 0.5) is 0 Å². The van der Waals surface area contributed by atoms with E-state index in [1.54, 1.807) is 0 Å². The molecule has 1 aromatic carbocycles. The van der Waals surface area contributed by atoms with Crippen LogP contribution in [0.1, 0.15) is 52.7 Å². The van der Waals surface area contributed by atoms with Crippen LogP contribution in [-0.4, -0.2) is 33.4 Å². The molecule has 6 rings (SSSR count). The second-order valence-electron chi connectivity index (χ2n) is 9.69. The van der Waals surface area contributed by atoms with Crippen LogP contribution < -0.4 is 9.97 Å². The number of hydrogen-bond acceptors (Lipinski definition) is 4. The van der Waals surface area contributed by atoms with Crippen molar-refractivity contribution in [3.63, 3.8) is 0 Å². The average molecular weight is 566 g/mol. The number of rotatable bonds is 6. The Morgan fingerprint density at radius 2 is 1.26 bits per heavy atom. The second-order valence-corrected chi connectivity index (χ2v) is 9.69. The number of hydrogen-bond donors (Lipinski definition) is 2. The first-order chi connectivity index (χ1) is 18.6. The number of aliphatic hydroxyl groups is 2. The standard InChI is InChI=1S/C32H28N4O2.Zn/c1-20-2-4-21(5-3-20)31-27-10-6-23(33-27)18-25-8-12-29(35-25)32(22(14-16-37)15-17-38)30-13-9-26(36-30)19-24-7-11-28(31)34-24;/h2-13,18-19,22,37-38H,14-17H2,1H3;/q-2;+2. The fourth-order valence-corrected chi connectivity index (χ4v) is 5.16. The van der Waals surface area contributed by atoms with Gasteiger partial charge in [0.25, 0.3) is 0 Å². The zero-order chi connectivity index (χ0) is 26.1. The molecular formula is C32H28N4O2Zn. The van der Waals surface area contributed by atoms with Crippen molar-refractivity contribution < 1.29 is 29.7 Å². The van der Waals surface area contributed by atoms with E-state index in [1.807, 2.05) is 60.7 Å². The van der Waals surface area contributed by atoms with E-state index in [2.05, 4.69) is 31.2 Å². The van der Waals surface area contributed by atoms with Gasteiger partial charge in [0.2, 0.25) is 0 Å². The normalized spacial score (nSPS) is 12.2. The summed E-state index contributed by atoms with van der Waals surface area (Å²) in [5.74, 6) is -0.0756. The first-order valence-corrected chi connectivity index (χ1v) is 12.9. The molecule has 0 fully saturated rings. The van der Waals surface area contributed by atoms with Crippen LogP contribution in [0.3, 0.4) is 0 Å². The molecule has 0 spiro atoms. The SMILES string of the molecule is Cc1ccc(-c2c3nc(cc4ccc([n-]4)c(C(CCO)CCO)c4nc(cc5ccc2[n-]5)C=C4)C=C3)cc1.[Zn+2]. The molecule has 0 saturated heterocycles. The molecule has 0 unspecified atom stereocenters. The summed E-state index contributed by atoms with van der Waals surface area (Å²) in [4.78, 5) is 19.7. The van der Waals surface area contributed by atoms with Crippen molar-refractivity contribution in [3.05, 3.63) is 94.6 Å². The predicted molar refractivity (Wildman–Crippen MR) is 153 cm³/mol. The van der Waals surface area contributed by atoms with Gasteiger partial charge >= 0.3 is 19.5 Å². The summed E-state index contributed by atoms with van der Waals surface area (Å²) in [6.45, 7) is 2.12. The summed E-state index contributed by atoms with van der Waals surface area (Å²) in [5.41, 5.74) is 10.7. The molecule has 0 aliphatic carbocycles. The maximum Gasteiger partial charge on any atom is 2.00 e. The fourth-order valence-electron chi connectivity index (χ4n) is 5.16. The first kappa shape index (κ1) is 27.0. The van der Waals surface area contributed by atoms with Gasteiger partial charge in [-0.1, -0.05) is 66.2 Å². The minimum absolute atomic E-state index is 0. The Hall–Kier alpha value is -3.64. The fraction of sp³-hybridized carbons (Fsp3) is 0.188. The molecule has 2 aliphatic heterocycles. The van der Waals surface area contributed by atoms with Crippen molar-refractivity contribution in [1.82, 2.24) is 19.9 Å². The molecule has 5 heterocycles. The van der Waals surface area contributed by atoms with Gasteiger partial charge < -0.3 is 20.2 Å². The van der Waals surface area contributed by atoms with Gasteiger partial charge in [0, 0.05) is 13.2 Å². The summed E-state index contributed by atoms with van der Waals surface area (Å²) < 4.78 is 0. The van der Waals surface area contributed by atoms with Crippen LogP contribution in [-0.2, 0) is 19.5 Å². The minimum atomic E-state index is -0.0756. The molecule has 3 aromatic heterocycles. The predicted octanol–water partition coefficient (Wildman–Crippen LogP) is 5.74. The van der Waals surface area contributed by atoms with Gasteiger partial charge in [0.15, 0.2) is 0 Å². The Morgan fingerprint density at radius 3 is 1.90 bits per heavy atom. The van der Waals surface area contributed by atoms with Gasteiger partial charge in [-0.05, 0) is 66.7 Å². The number of aliphatic hydroxyl groups excluding tert-OH is 2. The number of nitrogens with zero attached hydrogens (tertiary/aromatic N) is 4. The zero-order valence-corrected chi connectivity index (χ0v) is 24.8. The van der Waals surface area contributed by atoms with Crippen molar-refractivity contribution >= 4 is 46.4 Å². The summed E-state index contributed by atoms with van der Waals surface area (Å²) in [5, 5.41) is 19.5. The smallest absolute Gasteiger partial charge is 0.657 e. The van der Waals surface area contributed by atoms with Crippen LogP contribution in [0.15, 0.2) is 60.7 Å². The first-order valence-electron chi connectivity index (χ1n) is 12.9. The third kappa shape index (κ3) is 5.57. The van der Waals surface area contributed by atoms with Crippen molar-refractivity contribution in [3.8, 4) is 11.1 Å². The molecule has 0 radical (unpaired) electrons. The van der Waals surface area contributed by atoms with Gasteiger partial charge in [-0.25, -0.2) is 9.97 Å². The molecule has 7 heteroatoms. The minimum Gasteiger partial charge on any atom is -0.657 e. The van der Waals surface area contributed by atoms with E-state index in [-0.39, 0.29) is 38.6 Å². The molecule has 8 bridgehead atoms. The molecule has 2 N–H and O–H groups in total. The number of fused-ring (bicyclic) bond motifs is 8. The van der Waals surface area contributed by atoms with Crippen LogP contribution in [0.25, 0.3) is 57.5 Å². The number of aromatic nitrogens is 4. The monoisotopic (exact) mass is 564 g/mol. The van der Waals surface area contributed by atoms with Crippen molar-refractivity contribution in [2.24, 2.45) is 0 Å². The van der Waals surface area contributed by atoms with Gasteiger partial charge in [-0.15, -0.1) is 22.1 Å². The van der Waals surface area contributed by atoms with Crippen LogP contribution in [0, 0.1) is 6.92 Å². The zero-order valence-electron chi connectivity index (χ0n) is 21.9. The molecule has 0 saturated carbocycles. The third-order valence-electron chi connectivity index (χ3n) is 7.01. The van der Waals surface area contributed by atoms with Crippen molar-refractivity contribution in [2.75, 3.05) is 13.2 Å². The summed E-state index contributed by atoms with van der Waals surface area (Å²) >= 11 is 0. The summed E-state index contributed by atoms with van der Waals surface area (Å²) in [6, 6.07) is 20.4. The van der Waals surface area contributed by atoms with E-state index in [9.17, 15) is 10.2 Å². The Labute approximate surface area is 240 Å². The summed E-state index contributed by atoms with van der Waals surface area (Å²) in [6.07, 6.45) is 9.03. The van der Waals surface area contributed by atoms with E-state index in [4.69, 9.17) is 19.9 Å². The second kappa shape index (κ2) is 11.6. The number of benzene rings is 1. The van der Waals surface area contributed by atoms with Gasteiger partial charge in [0.1, 0.15) is 0 Å². The molecule has 190 valence electrons.